The van der Waals surface area contributed by atoms with Crippen molar-refractivity contribution in [3.05, 3.63) is 33.3 Å². The normalized spacial score (nSPS) is 18.1. The number of nitrogens with two attached hydrogens (primary N) is 1. The van der Waals surface area contributed by atoms with Gasteiger partial charge in [0, 0.05) is 37.3 Å². The third kappa shape index (κ3) is 3.86. The summed E-state index contributed by atoms with van der Waals surface area (Å²) >= 11 is 5.97. The highest BCUT2D eigenvalue weighted by Gasteiger charge is 2.29. The van der Waals surface area contributed by atoms with E-state index in [0.717, 1.165) is 12.8 Å². The molecule has 1 aromatic carbocycles. The predicted molar refractivity (Wildman–Crippen MR) is 85.1 cm³/mol. The summed E-state index contributed by atoms with van der Waals surface area (Å²) < 4.78 is 0. The molecule has 1 aliphatic rings. The quantitative estimate of drug-likeness (QED) is 0.631. The third-order valence-corrected chi connectivity index (χ3v) is 3.95. The van der Waals surface area contributed by atoms with Crippen LogP contribution in [0.4, 0.5) is 11.4 Å². The average molecular weight is 327 g/mol. The molecule has 120 valence electrons. The molecular formula is C14H19ClN4O3. The van der Waals surface area contributed by atoms with E-state index in [2.05, 4.69) is 5.32 Å². The number of nitro benzene ring substituents is 1. The van der Waals surface area contributed by atoms with Gasteiger partial charge >= 0.3 is 0 Å². The molecule has 22 heavy (non-hydrogen) atoms. The molecule has 3 N–H and O–H groups in total. The van der Waals surface area contributed by atoms with Crippen molar-refractivity contribution < 1.29 is 9.72 Å². The summed E-state index contributed by atoms with van der Waals surface area (Å²) in [6, 6.07) is 4.48. The SMILES string of the molecule is NCCNC(=O)C1CCCN(c2cc(Cl)ccc2[N+](=O)[O-])C1. The van der Waals surface area contributed by atoms with Gasteiger partial charge in [0.2, 0.25) is 5.91 Å². The van der Waals surface area contributed by atoms with Crippen LogP contribution in [0.2, 0.25) is 5.02 Å². The van der Waals surface area contributed by atoms with Crippen molar-refractivity contribution in [2.45, 2.75) is 12.8 Å². The first kappa shape index (κ1) is 16.5. The number of benzene rings is 1. The largest absolute Gasteiger partial charge is 0.365 e. The van der Waals surface area contributed by atoms with Crippen LogP contribution in [0.3, 0.4) is 0 Å². The molecule has 1 amide bonds. The molecule has 1 saturated heterocycles. The summed E-state index contributed by atoms with van der Waals surface area (Å²) in [5.41, 5.74) is 5.85. The number of halogens is 1. The zero-order chi connectivity index (χ0) is 16.1. The first-order valence-electron chi connectivity index (χ1n) is 7.19. The van der Waals surface area contributed by atoms with Crippen molar-refractivity contribution in [2.24, 2.45) is 11.7 Å². The second kappa shape index (κ2) is 7.42. The Labute approximate surface area is 133 Å². The number of nitrogens with one attached hydrogen (secondary N) is 1. The number of nitro groups is 1. The second-order valence-electron chi connectivity index (χ2n) is 5.26. The van der Waals surface area contributed by atoms with Crippen molar-refractivity contribution in [2.75, 3.05) is 31.1 Å². The fourth-order valence-electron chi connectivity index (χ4n) is 2.65. The van der Waals surface area contributed by atoms with Crippen molar-refractivity contribution in [3.63, 3.8) is 0 Å². The first-order chi connectivity index (χ1) is 10.5. The Morgan fingerprint density at radius 3 is 3.00 bits per heavy atom. The summed E-state index contributed by atoms with van der Waals surface area (Å²) in [7, 11) is 0. The number of hydrogen-bond donors (Lipinski definition) is 2. The standard InChI is InChI=1S/C14H19ClN4O3/c15-11-3-4-12(19(21)22)13(8-11)18-7-1-2-10(9-18)14(20)17-6-5-16/h3-4,8,10H,1-2,5-7,9,16H2,(H,17,20). The summed E-state index contributed by atoms with van der Waals surface area (Å²) in [6.45, 7) is 1.94. The third-order valence-electron chi connectivity index (χ3n) is 3.71. The minimum absolute atomic E-state index is 0.00687. The predicted octanol–water partition coefficient (Wildman–Crippen LogP) is 1.54. The molecule has 1 atom stereocenters. The van der Waals surface area contributed by atoms with Gasteiger partial charge in [-0.1, -0.05) is 11.6 Å². The summed E-state index contributed by atoms with van der Waals surface area (Å²) in [6.07, 6.45) is 1.56. The zero-order valence-corrected chi connectivity index (χ0v) is 12.9. The van der Waals surface area contributed by atoms with E-state index in [1.165, 1.54) is 12.1 Å². The Bertz CT molecular complexity index is 567. The zero-order valence-electron chi connectivity index (χ0n) is 12.1. The van der Waals surface area contributed by atoms with Crippen LogP contribution in [-0.2, 0) is 4.79 Å². The molecule has 0 spiro atoms. The van der Waals surface area contributed by atoms with E-state index >= 15 is 0 Å². The Morgan fingerprint density at radius 1 is 1.55 bits per heavy atom. The van der Waals surface area contributed by atoms with Crippen molar-refractivity contribution in [3.8, 4) is 0 Å². The van der Waals surface area contributed by atoms with E-state index in [1.807, 2.05) is 4.90 Å². The van der Waals surface area contributed by atoms with Gasteiger partial charge in [0.05, 0.1) is 10.8 Å². The monoisotopic (exact) mass is 326 g/mol. The van der Waals surface area contributed by atoms with E-state index in [0.29, 0.717) is 36.9 Å². The molecule has 2 rings (SSSR count). The first-order valence-corrected chi connectivity index (χ1v) is 7.57. The van der Waals surface area contributed by atoms with Gasteiger partial charge in [0.25, 0.3) is 5.69 Å². The number of rotatable bonds is 5. The number of carbonyl (C=O) groups excluding carboxylic acids is 1. The van der Waals surface area contributed by atoms with Gasteiger partial charge in [-0.05, 0) is 25.0 Å². The molecular weight excluding hydrogens is 308 g/mol. The highest BCUT2D eigenvalue weighted by Crippen LogP contribution is 2.33. The van der Waals surface area contributed by atoms with E-state index in [4.69, 9.17) is 17.3 Å². The molecule has 0 bridgehead atoms. The van der Waals surface area contributed by atoms with E-state index < -0.39 is 4.92 Å². The maximum absolute atomic E-state index is 12.1. The smallest absolute Gasteiger partial charge is 0.292 e. The van der Waals surface area contributed by atoms with Crippen LogP contribution in [0.5, 0.6) is 0 Å². The topological polar surface area (TPSA) is 102 Å². The maximum Gasteiger partial charge on any atom is 0.292 e. The second-order valence-corrected chi connectivity index (χ2v) is 5.69. The molecule has 0 aromatic heterocycles. The average Bonchev–Trinajstić information content (AvgIpc) is 2.52. The number of amides is 1. The molecule has 0 radical (unpaired) electrons. The molecule has 8 heteroatoms. The van der Waals surface area contributed by atoms with Gasteiger partial charge in [-0.2, -0.15) is 0 Å². The Hall–Kier alpha value is -1.86. The Kier molecular flexibility index (Phi) is 5.57. The van der Waals surface area contributed by atoms with Crippen molar-refractivity contribution in [1.29, 1.82) is 0 Å². The molecule has 1 aliphatic heterocycles. The van der Waals surface area contributed by atoms with Gasteiger partial charge < -0.3 is 16.0 Å². The van der Waals surface area contributed by atoms with Crippen LogP contribution in [0, 0.1) is 16.0 Å². The number of anilines is 1. The molecule has 1 aromatic rings. The van der Waals surface area contributed by atoms with Crippen molar-refractivity contribution >= 4 is 28.9 Å². The molecule has 0 saturated carbocycles. The van der Waals surface area contributed by atoms with E-state index in [9.17, 15) is 14.9 Å². The summed E-state index contributed by atoms with van der Waals surface area (Å²) in [5, 5.41) is 14.4. The van der Waals surface area contributed by atoms with Gasteiger partial charge in [0.15, 0.2) is 0 Å². The van der Waals surface area contributed by atoms with Gasteiger partial charge in [-0.3, -0.25) is 14.9 Å². The molecule has 1 fully saturated rings. The van der Waals surface area contributed by atoms with Gasteiger partial charge in [-0.25, -0.2) is 0 Å². The number of hydrogen-bond acceptors (Lipinski definition) is 5. The van der Waals surface area contributed by atoms with Gasteiger partial charge in [-0.15, -0.1) is 0 Å². The lowest BCUT2D eigenvalue weighted by Crippen LogP contribution is -2.44. The number of piperidine rings is 1. The molecule has 1 unspecified atom stereocenters. The summed E-state index contributed by atoms with van der Waals surface area (Å²) in [4.78, 5) is 24.7. The molecule has 0 aliphatic carbocycles. The lowest BCUT2D eigenvalue weighted by molar-refractivity contribution is -0.384. The van der Waals surface area contributed by atoms with Crippen LogP contribution in [0.1, 0.15) is 12.8 Å². The van der Waals surface area contributed by atoms with Crippen LogP contribution in [0.15, 0.2) is 18.2 Å². The van der Waals surface area contributed by atoms with Crippen LogP contribution < -0.4 is 16.0 Å². The van der Waals surface area contributed by atoms with Gasteiger partial charge in [0.1, 0.15) is 5.69 Å². The van der Waals surface area contributed by atoms with Crippen molar-refractivity contribution in [1.82, 2.24) is 5.32 Å². The fourth-order valence-corrected chi connectivity index (χ4v) is 2.82. The molecule has 7 nitrogen and oxygen atoms in total. The number of nitrogens with zero attached hydrogens (tertiary/aromatic N) is 2. The van der Waals surface area contributed by atoms with E-state index in [1.54, 1.807) is 6.07 Å². The van der Waals surface area contributed by atoms with Crippen LogP contribution in [-0.4, -0.2) is 37.0 Å². The van der Waals surface area contributed by atoms with E-state index in [-0.39, 0.29) is 17.5 Å². The minimum atomic E-state index is -0.427. The Morgan fingerprint density at radius 2 is 2.32 bits per heavy atom. The van der Waals surface area contributed by atoms with Crippen LogP contribution >= 0.6 is 11.6 Å². The maximum atomic E-state index is 12.1. The number of carbonyl (C=O) groups is 1. The Balaban J connectivity index is 2.17. The van der Waals surface area contributed by atoms with Crippen LogP contribution in [0.25, 0.3) is 0 Å². The fraction of sp³-hybridized carbons (Fsp3) is 0.500. The lowest BCUT2D eigenvalue weighted by atomic mass is 9.96. The highest BCUT2D eigenvalue weighted by atomic mass is 35.5. The highest BCUT2D eigenvalue weighted by molar-refractivity contribution is 6.31. The minimum Gasteiger partial charge on any atom is -0.365 e. The molecule has 1 heterocycles. The summed E-state index contributed by atoms with van der Waals surface area (Å²) in [5.74, 6) is -0.251. The lowest BCUT2D eigenvalue weighted by Gasteiger charge is -2.33.